The molecule has 0 radical (unpaired) electrons. The van der Waals surface area contributed by atoms with Crippen LogP contribution in [0.4, 0.5) is 0 Å². The predicted octanol–water partition coefficient (Wildman–Crippen LogP) is 8.84. The van der Waals surface area contributed by atoms with Crippen LogP contribution in [-0.4, -0.2) is 0 Å². The highest BCUT2D eigenvalue weighted by Crippen LogP contribution is 2.46. The standard InChI is InChI=1S/C26H20S2/c1-3-8-16-14-19-17-9-4-6-11-21(17)28-26(19)20-13-15(2)25-24(23(16)20)18-10-5-7-12-22(18)27-25/h4-7,9-14H,3,8H2,1-2H3. The Morgan fingerprint density at radius 1 is 0.679 bits per heavy atom. The third-order valence-electron chi connectivity index (χ3n) is 5.87. The molecule has 0 atom stereocenters. The van der Waals surface area contributed by atoms with Gasteiger partial charge in [0.05, 0.1) is 0 Å². The second kappa shape index (κ2) is 6.04. The summed E-state index contributed by atoms with van der Waals surface area (Å²) >= 11 is 3.89. The minimum absolute atomic E-state index is 1.12. The zero-order valence-corrected chi connectivity index (χ0v) is 17.6. The monoisotopic (exact) mass is 396 g/mol. The van der Waals surface area contributed by atoms with E-state index in [4.69, 9.17) is 0 Å². The van der Waals surface area contributed by atoms with Gasteiger partial charge in [0, 0.05) is 45.7 Å². The molecule has 0 aliphatic heterocycles. The third-order valence-corrected chi connectivity index (χ3v) is 8.40. The number of hydrogen-bond acceptors (Lipinski definition) is 2. The Bertz CT molecular complexity index is 1530. The van der Waals surface area contributed by atoms with Crippen molar-refractivity contribution in [2.75, 3.05) is 0 Å². The van der Waals surface area contributed by atoms with Crippen molar-refractivity contribution in [2.24, 2.45) is 0 Å². The van der Waals surface area contributed by atoms with Crippen molar-refractivity contribution in [2.45, 2.75) is 26.7 Å². The number of aryl methyl sites for hydroxylation is 2. The second-order valence-electron chi connectivity index (χ2n) is 7.68. The lowest BCUT2D eigenvalue weighted by Crippen LogP contribution is -1.89. The Hall–Kier alpha value is -2.42. The summed E-state index contributed by atoms with van der Waals surface area (Å²) in [5.41, 5.74) is 2.90. The first-order valence-corrected chi connectivity index (χ1v) is 11.6. The molecular weight excluding hydrogens is 376 g/mol. The van der Waals surface area contributed by atoms with Gasteiger partial charge < -0.3 is 0 Å². The van der Waals surface area contributed by atoms with E-state index in [1.54, 1.807) is 0 Å². The van der Waals surface area contributed by atoms with Gasteiger partial charge in [-0.2, -0.15) is 0 Å². The summed E-state index contributed by atoms with van der Waals surface area (Å²) in [6.45, 7) is 4.57. The van der Waals surface area contributed by atoms with Crippen LogP contribution in [0.5, 0.6) is 0 Å². The summed E-state index contributed by atoms with van der Waals surface area (Å²) < 4.78 is 5.68. The van der Waals surface area contributed by atoms with Crippen LogP contribution >= 0.6 is 22.7 Å². The van der Waals surface area contributed by atoms with Gasteiger partial charge in [-0.15, -0.1) is 22.7 Å². The van der Waals surface area contributed by atoms with Crippen molar-refractivity contribution in [3.63, 3.8) is 0 Å². The highest BCUT2D eigenvalue weighted by atomic mass is 32.1. The zero-order chi connectivity index (χ0) is 18.8. The van der Waals surface area contributed by atoms with Crippen molar-refractivity contribution in [1.29, 1.82) is 0 Å². The van der Waals surface area contributed by atoms with Gasteiger partial charge in [-0.3, -0.25) is 0 Å². The zero-order valence-electron chi connectivity index (χ0n) is 16.0. The first kappa shape index (κ1) is 16.5. The van der Waals surface area contributed by atoms with E-state index in [-0.39, 0.29) is 0 Å². The predicted molar refractivity (Wildman–Crippen MR) is 128 cm³/mol. The van der Waals surface area contributed by atoms with E-state index in [9.17, 15) is 0 Å². The molecule has 0 unspecified atom stereocenters. The average molecular weight is 397 g/mol. The normalized spacial score (nSPS) is 12.2. The lowest BCUT2D eigenvalue weighted by molar-refractivity contribution is 0.932. The van der Waals surface area contributed by atoms with Gasteiger partial charge in [-0.1, -0.05) is 49.7 Å². The fraction of sp³-hybridized carbons (Fsp3) is 0.154. The van der Waals surface area contributed by atoms with Crippen molar-refractivity contribution in [3.8, 4) is 0 Å². The second-order valence-corrected chi connectivity index (χ2v) is 9.78. The Morgan fingerprint density at radius 3 is 2.14 bits per heavy atom. The minimum Gasteiger partial charge on any atom is -0.135 e. The van der Waals surface area contributed by atoms with Crippen molar-refractivity contribution >= 4 is 73.8 Å². The molecule has 4 aromatic carbocycles. The molecule has 0 aliphatic rings. The molecule has 0 spiro atoms. The molecule has 0 nitrogen and oxygen atoms in total. The molecule has 0 saturated heterocycles. The molecule has 28 heavy (non-hydrogen) atoms. The fourth-order valence-corrected chi connectivity index (χ4v) is 7.08. The summed E-state index contributed by atoms with van der Waals surface area (Å²) in [5.74, 6) is 0. The van der Waals surface area contributed by atoms with Gasteiger partial charge in [0.2, 0.25) is 0 Å². The number of thiophene rings is 2. The van der Waals surface area contributed by atoms with Gasteiger partial charge in [0.25, 0.3) is 0 Å². The van der Waals surface area contributed by atoms with Crippen LogP contribution in [0.25, 0.3) is 51.1 Å². The van der Waals surface area contributed by atoms with Crippen LogP contribution in [0.3, 0.4) is 0 Å². The van der Waals surface area contributed by atoms with Gasteiger partial charge >= 0.3 is 0 Å². The SMILES string of the molecule is CCCc1cc2c3ccccc3sc2c2cc(C)c3sc4ccccc4c3c12. The number of benzene rings is 4. The molecule has 0 N–H and O–H groups in total. The maximum atomic E-state index is 2.49. The van der Waals surface area contributed by atoms with Crippen molar-refractivity contribution in [3.05, 3.63) is 71.8 Å². The molecule has 0 amide bonds. The van der Waals surface area contributed by atoms with E-state index in [0.29, 0.717) is 0 Å². The van der Waals surface area contributed by atoms with Gasteiger partial charge in [0.15, 0.2) is 0 Å². The van der Waals surface area contributed by atoms with Crippen LogP contribution in [0.15, 0.2) is 60.7 Å². The highest BCUT2D eigenvalue weighted by Gasteiger charge is 2.18. The average Bonchev–Trinajstić information content (AvgIpc) is 3.28. The molecule has 2 heteroatoms. The van der Waals surface area contributed by atoms with E-state index in [1.165, 1.54) is 68.7 Å². The first-order chi connectivity index (χ1) is 13.8. The van der Waals surface area contributed by atoms with Crippen LogP contribution in [0.1, 0.15) is 24.5 Å². The molecule has 136 valence electrons. The Labute approximate surface area is 172 Å². The van der Waals surface area contributed by atoms with Crippen molar-refractivity contribution < 1.29 is 0 Å². The van der Waals surface area contributed by atoms with E-state index in [2.05, 4.69) is 74.5 Å². The quantitative estimate of drug-likeness (QED) is 0.274. The topological polar surface area (TPSA) is 0 Å². The summed E-state index contributed by atoms with van der Waals surface area (Å²) in [7, 11) is 0. The molecule has 6 aromatic rings. The fourth-order valence-electron chi connectivity index (χ4n) is 4.69. The summed E-state index contributed by atoms with van der Waals surface area (Å²) in [4.78, 5) is 0. The third kappa shape index (κ3) is 2.16. The molecule has 0 saturated carbocycles. The molecule has 0 bridgehead atoms. The van der Waals surface area contributed by atoms with Gasteiger partial charge in [-0.25, -0.2) is 0 Å². The summed E-state index contributed by atoms with van der Waals surface area (Å²) in [6, 6.07) is 22.7. The van der Waals surface area contributed by atoms with E-state index < -0.39 is 0 Å². The maximum Gasteiger partial charge on any atom is 0.0434 e. The Balaban J connectivity index is 1.94. The van der Waals surface area contributed by atoms with E-state index >= 15 is 0 Å². The first-order valence-electron chi connectivity index (χ1n) is 9.94. The summed E-state index contributed by atoms with van der Waals surface area (Å²) in [5, 5.41) is 8.63. The van der Waals surface area contributed by atoms with E-state index in [1.807, 2.05) is 22.7 Å². The maximum absolute atomic E-state index is 2.49. The largest absolute Gasteiger partial charge is 0.135 e. The molecule has 2 aromatic heterocycles. The number of rotatable bonds is 2. The molecule has 2 heterocycles. The highest BCUT2D eigenvalue weighted by molar-refractivity contribution is 7.27. The van der Waals surface area contributed by atoms with Crippen LogP contribution in [0.2, 0.25) is 0 Å². The molecular formula is C26H20S2. The summed E-state index contributed by atoms with van der Waals surface area (Å²) in [6.07, 6.45) is 2.29. The molecule has 6 rings (SSSR count). The lowest BCUT2D eigenvalue weighted by atomic mass is 9.93. The number of fused-ring (bicyclic) bond motifs is 9. The smallest absolute Gasteiger partial charge is 0.0434 e. The van der Waals surface area contributed by atoms with Gasteiger partial charge in [0.1, 0.15) is 0 Å². The Kier molecular flexibility index (Phi) is 3.56. The number of hydrogen-bond donors (Lipinski definition) is 0. The van der Waals surface area contributed by atoms with Gasteiger partial charge in [-0.05, 0) is 54.1 Å². The lowest BCUT2D eigenvalue weighted by Gasteiger charge is -2.11. The van der Waals surface area contributed by atoms with E-state index in [0.717, 1.165) is 6.42 Å². The molecule has 0 fully saturated rings. The minimum atomic E-state index is 1.12. The molecule has 0 aliphatic carbocycles. The van der Waals surface area contributed by atoms with Crippen molar-refractivity contribution in [1.82, 2.24) is 0 Å². The van der Waals surface area contributed by atoms with Crippen LogP contribution < -0.4 is 0 Å². The van der Waals surface area contributed by atoms with Crippen LogP contribution in [0, 0.1) is 6.92 Å². The Morgan fingerprint density at radius 2 is 1.36 bits per heavy atom. The van der Waals surface area contributed by atoms with Crippen LogP contribution in [-0.2, 0) is 6.42 Å².